The Kier molecular flexibility index (Phi) is 6.00. The van der Waals surface area contributed by atoms with Gasteiger partial charge in [-0.1, -0.05) is 17.7 Å². The molecule has 5 nitrogen and oxygen atoms in total. The van der Waals surface area contributed by atoms with E-state index in [0.29, 0.717) is 16.5 Å². The smallest absolute Gasteiger partial charge is 0.238 e. The third-order valence-corrected chi connectivity index (χ3v) is 5.13. The molecule has 8 heteroatoms. The van der Waals surface area contributed by atoms with Crippen molar-refractivity contribution < 1.29 is 18.7 Å². The standard InChI is InChI=1S/C18H16ClFN2O3S/c19-11-4-5-15-14(8-11)22-18(24)16(26-15)10-17(23)21-6-7-25-13-3-1-2-12(20)9-13/h1-5,8-9,16H,6-7,10H2,(H,21,23)(H,22,24). The molecule has 2 aromatic carbocycles. The van der Waals surface area contributed by atoms with Gasteiger partial charge in [0.05, 0.1) is 17.5 Å². The number of thioether (sulfide) groups is 1. The lowest BCUT2D eigenvalue weighted by Crippen LogP contribution is -2.36. The molecule has 2 amide bonds. The predicted molar refractivity (Wildman–Crippen MR) is 99.2 cm³/mol. The Hall–Kier alpha value is -2.25. The summed E-state index contributed by atoms with van der Waals surface area (Å²) in [6.07, 6.45) is 0.0541. The van der Waals surface area contributed by atoms with Gasteiger partial charge >= 0.3 is 0 Å². The van der Waals surface area contributed by atoms with Crippen molar-refractivity contribution in [3.63, 3.8) is 0 Å². The highest BCUT2D eigenvalue weighted by atomic mass is 35.5. The van der Waals surface area contributed by atoms with Crippen LogP contribution in [0.5, 0.6) is 5.75 Å². The Labute approximate surface area is 159 Å². The van der Waals surface area contributed by atoms with E-state index in [9.17, 15) is 14.0 Å². The molecular weight excluding hydrogens is 379 g/mol. The second-order valence-electron chi connectivity index (χ2n) is 5.60. The second kappa shape index (κ2) is 8.42. The van der Waals surface area contributed by atoms with Crippen LogP contribution in [-0.4, -0.2) is 30.2 Å². The maximum atomic E-state index is 13.0. The van der Waals surface area contributed by atoms with Crippen LogP contribution >= 0.6 is 23.4 Å². The lowest BCUT2D eigenvalue weighted by molar-refractivity contribution is -0.124. The normalized spacial score (nSPS) is 15.8. The average molecular weight is 395 g/mol. The molecule has 136 valence electrons. The zero-order chi connectivity index (χ0) is 18.5. The minimum Gasteiger partial charge on any atom is -0.492 e. The van der Waals surface area contributed by atoms with Gasteiger partial charge in [-0.05, 0) is 30.3 Å². The molecule has 1 heterocycles. The quantitative estimate of drug-likeness (QED) is 0.736. The number of fused-ring (bicyclic) bond motifs is 1. The maximum absolute atomic E-state index is 13.0. The van der Waals surface area contributed by atoms with Crippen LogP contribution in [0.4, 0.5) is 10.1 Å². The van der Waals surface area contributed by atoms with Crippen molar-refractivity contribution in [3.8, 4) is 5.75 Å². The van der Waals surface area contributed by atoms with Gasteiger partial charge in [-0.25, -0.2) is 4.39 Å². The summed E-state index contributed by atoms with van der Waals surface area (Å²) < 4.78 is 18.4. The number of ether oxygens (including phenoxy) is 1. The second-order valence-corrected chi connectivity index (χ2v) is 7.28. The zero-order valence-corrected chi connectivity index (χ0v) is 15.2. The van der Waals surface area contributed by atoms with Crippen molar-refractivity contribution in [3.05, 3.63) is 53.3 Å². The summed E-state index contributed by atoms with van der Waals surface area (Å²) in [6, 6.07) is 11.0. The molecule has 0 bridgehead atoms. The van der Waals surface area contributed by atoms with E-state index in [1.54, 1.807) is 24.3 Å². The number of hydrogen-bond acceptors (Lipinski definition) is 4. The number of nitrogens with one attached hydrogen (secondary N) is 2. The van der Waals surface area contributed by atoms with Crippen LogP contribution in [0.25, 0.3) is 0 Å². The lowest BCUT2D eigenvalue weighted by atomic mass is 10.2. The van der Waals surface area contributed by atoms with E-state index in [-0.39, 0.29) is 37.2 Å². The first-order valence-electron chi connectivity index (χ1n) is 7.93. The van der Waals surface area contributed by atoms with Gasteiger partial charge in [-0.2, -0.15) is 0 Å². The largest absolute Gasteiger partial charge is 0.492 e. The van der Waals surface area contributed by atoms with Gasteiger partial charge in [0, 0.05) is 22.4 Å². The van der Waals surface area contributed by atoms with Crippen molar-refractivity contribution in [2.45, 2.75) is 16.6 Å². The number of amides is 2. The van der Waals surface area contributed by atoms with Crippen LogP contribution in [0.1, 0.15) is 6.42 Å². The summed E-state index contributed by atoms with van der Waals surface area (Å²) in [6.45, 7) is 0.473. The molecule has 0 fully saturated rings. The van der Waals surface area contributed by atoms with Crippen LogP contribution < -0.4 is 15.4 Å². The molecule has 0 aliphatic carbocycles. The van der Waals surface area contributed by atoms with Gasteiger partial charge < -0.3 is 15.4 Å². The number of anilines is 1. The molecule has 0 spiro atoms. The molecule has 0 radical (unpaired) electrons. The molecule has 2 N–H and O–H groups in total. The Bertz CT molecular complexity index is 834. The first-order valence-corrected chi connectivity index (χ1v) is 9.19. The molecule has 26 heavy (non-hydrogen) atoms. The van der Waals surface area contributed by atoms with Crippen LogP contribution in [0, 0.1) is 5.82 Å². The average Bonchev–Trinajstić information content (AvgIpc) is 2.60. The highest BCUT2D eigenvalue weighted by molar-refractivity contribution is 8.01. The summed E-state index contributed by atoms with van der Waals surface area (Å²) in [7, 11) is 0. The van der Waals surface area contributed by atoms with Crippen LogP contribution in [0.2, 0.25) is 5.02 Å². The van der Waals surface area contributed by atoms with Crippen molar-refractivity contribution in [1.82, 2.24) is 5.32 Å². The molecule has 1 unspecified atom stereocenters. The maximum Gasteiger partial charge on any atom is 0.238 e. The van der Waals surface area contributed by atoms with Gasteiger partial charge in [-0.3, -0.25) is 9.59 Å². The number of carbonyl (C=O) groups excluding carboxylic acids is 2. The fourth-order valence-electron chi connectivity index (χ4n) is 2.41. The molecule has 3 rings (SSSR count). The van der Waals surface area contributed by atoms with E-state index in [4.69, 9.17) is 16.3 Å². The first-order chi connectivity index (χ1) is 12.5. The van der Waals surface area contributed by atoms with Crippen molar-refractivity contribution in [2.24, 2.45) is 0 Å². The summed E-state index contributed by atoms with van der Waals surface area (Å²) in [5.74, 6) is -0.459. The van der Waals surface area contributed by atoms with Crippen LogP contribution in [-0.2, 0) is 9.59 Å². The van der Waals surface area contributed by atoms with Crippen molar-refractivity contribution in [1.29, 1.82) is 0 Å². The minimum absolute atomic E-state index is 0.0541. The lowest BCUT2D eigenvalue weighted by Gasteiger charge is -2.23. The molecule has 1 atom stereocenters. The van der Waals surface area contributed by atoms with E-state index in [0.717, 1.165) is 4.90 Å². The van der Waals surface area contributed by atoms with E-state index >= 15 is 0 Å². The fourth-order valence-corrected chi connectivity index (χ4v) is 3.68. The van der Waals surface area contributed by atoms with E-state index < -0.39 is 5.25 Å². The van der Waals surface area contributed by atoms with Gasteiger partial charge in [0.15, 0.2) is 0 Å². The molecule has 0 saturated heterocycles. The number of benzene rings is 2. The monoisotopic (exact) mass is 394 g/mol. The summed E-state index contributed by atoms with van der Waals surface area (Å²) >= 11 is 7.25. The SMILES string of the molecule is O=C(CC1Sc2ccc(Cl)cc2NC1=O)NCCOc1cccc(F)c1. The fraction of sp³-hybridized carbons (Fsp3) is 0.222. The summed E-state index contributed by atoms with van der Waals surface area (Å²) in [5.41, 5.74) is 0.660. The Morgan fingerprint density at radius 2 is 2.15 bits per heavy atom. The third kappa shape index (κ3) is 4.89. The van der Waals surface area contributed by atoms with Gasteiger partial charge in [0.2, 0.25) is 11.8 Å². The van der Waals surface area contributed by atoms with Crippen molar-refractivity contribution >= 4 is 40.9 Å². The highest BCUT2D eigenvalue weighted by Crippen LogP contribution is 2.38. The summed E-state index contributed by atoms with van der Waals surface area (Å²) in [5, 5.41) is 5.50. The Balaban J connectivity index is 1.44. The molecule has 0 saturated carbocycles. The Morgan fingerprint density at radius 3 is 2.96 bits per heavy atom. The first kappa shape index (κ1) is 18.5. The molecule has 0 aromatic heterocycles. The summed E-state index contributed by atoms with van der Waals surface area (Å²) in [4.78, 5) is 25.1. The Morgan fingerprint density at radius 1 is 1.31 bits per heavy atom. The molecule has 1 aliphatic heterocycles. The highest BCUT2D eigenvalue weighted by Gasteiger charge is 2.29. The number of carbonyl (C=O) groups is 2. The van der Waals surface area contributed by atoms with Gasteiger partial charge in [0.25, 0.3) is 0 Å². The minimum atomic E-state index is -0.507. The molecule has 1 aliphatic rings. The number of rotatable bonds is 6. The van der Waals surface area contributed by atoms with Gasteiger partial charge in [-0.15, -0.1) is 11.8 Å². The van der Waals surface area contributed by atoms with Crippen LogP contribution in [0.3, 0.4) is 0 Å². The van der Waals surface area contributed by atoms with Gasteiger partial charge in [0.1, 0.15) is 18.2 Å². The molecule has 2 aromatic rings. The topological polar surface area (TPSA) is 67.4 Å². The predicted octanol–water partition coefficient (Wildman–Crippen LogP) is 3.48. The van der Waals surface area contributed by atoms with E-state index in [1.807, 2.05) is 6.07 Å². The molecular formula is C18H16ClFN2O3S. The number of halogens is 2. The zero-order valence-electron chi connectivity index (χ0n) is 13.6. The third-order valence-electron chi connectivity index (χ3n) is 3.62. The van der Waals surface area contributed by atoms with E-state index in [1.165, 1.54) is 23.9 Å². The number of hydrogen-bond donors (Lipinski definition) is 2. The van der Waals surface area contributed by atoms with Crippen molar-refractivity contribution in [2.75, 3.05) is 18.5 Å². The van der Waals surface area contributed by atoms with E-state index in [2.05, 4.69) is 10.6 Å². The van der Waals surface area contributed by atoms with Crippen LogP contribution in [0.15, 0.2) is 47.4 Å².